The minimum atomic E-state index is -0.293. The van der Waals surface area contributed by atoms with E-state index in [2.05, 4.69) is 15.6 Å². The normalized spacial score (nSPS) is 10.2. The van der Waals surface area contributed by atoms with Gasteiger partial charge in [0, 0.05) is 29.1 Å². The van der Waals surface area contributed by atoms with Crippen LogP contribution in [0, 0.1) is 0 Å². The van der Waals surface area contributed by atoms with Crippen LogP contribution in [0.4, 0.5) is 10.8 Å². The summed E-state index contributed by atoms with van der Waals surface area (Å²) in [6.45, 7) is 1.42. The summed E-state index contributed by atoms with van der Waals surface area (Å²) in [6.07, 6.45) is 0. The number of nitrogens with one attached hydrogen (secondary N) is 2. The smallest absolute Gasteiger partial charge is 0.257 e. The fourth-order valence-electron chi connectivity index (χ4n) is 2.42. The van der Waals surface area contributed by atoms with Crippen LogP contribution in [0.2, 0.25) is 0 Å². The number of hydrogen-bond acceptors (Lipinski definition) is 5. The van der Waals surface area contributed by atoms with E-state index < -0.39 is 0 Å². The van der Waals surface area contributed by atoms with E-state index in [0.717, 1.165) is 17.0 Å². The lowest BCUT2D eigenvalue weighted by molar-refractivity contribution is -0.114. The van der Waals surface area contributed by atoms with E-state index in [1.807, 2.05) is 29.6 Å². The third-order valence-corrected chi connectivity index (χ3v) is 4.31. The van der Waals surface area contributed by atoms with Crippen molar-refractivity contribution in [1.82, 2.24) is 4.98 Å². The first kappa shape index (κ1) is 17.6. The summed E-state index contributed by atoms with van der Waals surface area (Å²) in [5, 5.41) is 7.79. The highest BCUT2D eigenvalue weighted by Gasteiger charge is 2.13. The summed E-state index contributed by atoms with van der Waals surface area (Å²) >= 11 is 1.33. The van der Waals surface area contributed by atoms with Gasteiger partial charge >= 0.3 is 0 Å². The molecule has 0 spiro atoms. The van der Waals surface area contributed by atoms with Gasteiger partial charge in [-0.2, -0.15) is 0 Å². The lowest BCUT2D eigenvalue weighted by Crippen LogP contribution is -2.13. The zero-order chi connectivity index (χ0) is 18.5. The van der Waals surface area contributed by atoms with E-state index in [0.29, 0.717) is 16.4 Å². The van der Waals surface area contributed by atoms with Crippen molar-refractivity contribution in [3.8, 4) is 17.0 Å². The van der Waals surface area contributed by atoms with Crippen LogP contribution in [0.15, 0.2) is 53.9 Å². The maximum Gasteiger partial charge on any atom is 0.257 e. The van der Waals surface area contributed by atoms with Crippen LogP contribution in [0.3, 0.4) is 0 Å². The molecule has 3 rings (SSSR count). The van der Waals surface area contributed by atoms with E-state index in [1.54, 1.807) is 31.4 Å². The molecule has 0 bridgehead atoms. The number of hydrogen-bond donors (Lipinski definition) is 2. The van der Waals surface area contributed by atoms with Crippen LogP contribution < -0.4 is 15.4 Å². The number of thiazole rings is 1. The number of methoxy groups -OCH3 is 1. The SMILES string of the molecule is COc1ccccc1-c1csc(NC(=O)c2cccc(NC(C)=O)c2)n1. The molecule has 7 heteroatoms. The van der Waals surface area contributed by atoms with Crippen LogP contribution in [0.25, 0.3) is 11.3 Å². The fourth-order valence-corrected chi connectivity index (χ4v) is 3.13. The van der Waals surface area contributed by atoms with Gasteiger partial charge in [0.2, 0.25) is 5.91 Å². The highest BCUT2D eigenvalue weighted by atomic mass is 32.1. The topological polar surface area (TPSA) is 80.3 Å². The molecule has 2 aromatic carbocycles. The van der Waals surface area contributed by atoms with Crippen molar-refractivity contribution in [2.24, 2.45) is 0 Å². The van der Waals surface area contributed by atoms with E-state index >= 15 is 0 Å². The molecular formula is C19H17N3O3S. The maximum absolute atomic E-state index is 12.4. The van der Waals surface area contributed by atoms with Crippen LogP contribution in [-0.4, -0.2) is 23.9 Å². The molecule has 1 aromatic heterocycles. The molecule has 0 unspecified atom stereocenters. The van der Waals surface area contributed by atoms with E-state index in [4.69, 9.17) is 4.74 Å². The van der Waals surface area contributed by atoms with E-state index in [1.165, 1.54) is 18.3 Å². The van der Waals surface area contributed by atoms with Gasteiger partial charge in [-0.3, -0.25) is 14.9 Å². The lowest BCUT2D eigenvalue weighted by atomic mass is 10.1. The molecule has 0 saturated carbocycles. The average Bonchev–Trinajstić information content (AvgIpc) is 3.09. The Bertz CT molecular complexity index is 952. The van der Waals surface area contributed by atoms with Gasteiger partial charge in [0.25, 0.3) is 5.91 Å². The molecule has 6 nitrogen and oxygen atoms in total. The van der Waals surface area contributed by atoms with Crippen LogP contribution >= 0.6 is 11.3 Å². The van der Waals surface area contributed by atoms with Gasteiger partial charge < -0.3 is 10.1 Å². The predicted molar refractivity (Wildman–Crippen MR) is 103 cm³/mol. The van der Waals surface area contributed by atoms with Crippen molar-refractivity contribution in [3.05, 3.63) is 59.5 Å². The molecule has 2 N–H and O–H groups in total. The maximum atomic E-state index is 12.4. The molecule has 0 radical (unpaired) electrons. The Hall–Kier alpha value is -3.19. The van der Waals surface area contributed by atoms with E-state index in [9.17, 15) is 9.59 Å². The van der Waals surface area contributed by atoms with Crippen molar-refractivity contribution in [2.45, 2.75) is 6.92 Å². The molecule has 0 saturated heterocycles. The van der Waals surface area contributed by atoms with Gasteiger partial charge in [-0.25, -0.2) is 4.98 Å². The van der Waals surface area contributed by atoms with Gasteiger partial charge in [0.05, 0.1) is 12.8 Å². The molecule has 0 aliphatic heterocycles. The first-order chi connectivity index (χ1) is 12.6. The Morgan fingerprint density at radius 1 is 1.08 bits per heavy atom. The molecule has 132 valence electrons. The Balaban J connectivity index is 1.77. The molecule has 0 aliphatic carbocycles. The van der Waals surface area contributed by atoms with Crippen molar-refractivity contribution in [3.63, 3.8) is 0 Å². The molecular weight excluding hydrogens is 350 g/mol. The molecule has 3 aromatic rings. The second kappa shape index (κ2) is 7.79. The minimum Gasteiger partial charge on any atom is -0.496 e. The fraction of sp³-hybridized carbons (Fsp3) is 0.105. The Morgan fingerprint density at radius 2 is 1.88 bits per heavy atom. The van der Waals surface area contributed by atoms with Gasteiger partial charge in [0.15, 0.2) is 5.13 Å². The molecule has 1 heterocycles. The molecule has 2 amide bonds. The van der Waals surface area contributed by atoms with Gasteiger partial charge in [-0.15, -0.1) is 11.3 Å². The van der Waals surface area contributed by atoms with Crippen molar-refractivity contribution in [1.29, 1.82) is 0 Å². The number of nitrogens with zero attached hydrogens (tertiary/aromatic N) is 1. The van der Waals surface area contributed by atoms with Crippen LogP contribution in [0.5, 0.6) is 5.75 Å². The number of benzene rings is 2. The molecule has 26 heavy (non-hydrogen) atoms. The molecule has 0 aliphatic rings. The average molecular weight is 367 g/mol. The van der Waals surface area contributed by atoms with Crippen LogP contribution in [0.1, 0.15) is 17.3 Å². The number of aromatic nitrogens is 1. The first-order valence-electron chi connectivity index (χ1n) is 7.85. The number of rotatable bonds is 5. The predicted octanol–water partition coefficient (Wildman–Crippen LogP) is 4.03. The number of amides is 2. The third kappa shape index (κ3) is 4.07. The number of para-hydroxylation sites is 1. The van der Waals surface area contributed by atoms with Gasteiger partial charge in [-0.05, 0) is 30.3 Å². The first-order valence-corrected chi connectivity index (χ1v) is 8.72. The van der Waals surface area contributed by atoms with E-state index in [-0.39, 0.29) is 11.8 Å². The Labute approximate surface area is 154 Å². The van der Waals surface area contributed by atoms with Crippen molar-refractivity contribution < 1.29 is 14.3 Å². The van der Waals surface area contributed by atoms with Gasteiger partial charge in [0.1, 0.15) is 5.75 Å². The highest BCUT2D eigenvalue weighted by molar-refractivity contribution is 7.14. The molecule has 0 fully saturated rings. The quantitative estimate of drug-likeness (QED) is 0.713. The summed E-state index contributed by atoms with van der Waals surface area (Å²) < 4.78 is 5.35. The Morgan fingerprint density at radius 3 is 2.65 bits per heavy atom. The molecule has 0 atom stereocenters. The van der Waals surface area contributed by atoms with Crippen molar-refractivity contribution in [2.75, 3.05) is 17.7 Å². The lowest BCUT2D eigenvalue weighted by Gasteiger charge is -2.06. The Kier molecular flexibility index (Phi) is 5.28. The zero-order valence-electron chi connectivity index (χ0n) is 14.3. The number of ether oxygens (including phenoxy) is 1. The second-order valence-electron chi connectivity index (χ2n) is 5.45. The number of carbonyl (C=O) groups excluding carboxylic acids is 2. The zero-order valence-corrected chi connectivity index (χ0v) is 15.1. The number of anilines is 2. The summed E-state index contributed by atoms with van der Waals surface area (Å²) in [5.74, 6) is 0.237. The highest BCUT2D eigenvalue weighted by Crippen LogP contribution is 2.32. The largest absolute Gasteiger partial charge is 0.496 e. The summed E-state index contributed by atoms with van der Waals surface area (Å²) in [6, 6.07) is 14.3. The second-order valence-corrected chi connectivity index (χ2v) is 6.31. The van der Waals surface area contributed by atoms with Gasteiger partial charge in [-0.1, -0.05) is 18.2 Å². The third-order valence-electron chi connectivity index (χ3n) is 3.55. The minimum absolute atomic E-state index is 0.191. The summed E-state index contributed by atoms with van der Waals surface area (Å²) in [5.41, 5.74) is 2.60. The standard InChI is InChI=1S/C19H17N3O3S/c1-12(23)20-14-7-5-6-13(10-14)18(24)22-19-21-16(11-26-19)15-8-3-4-9-17(15)25-2/h3-11H,1-2H3,(H,20,23)(H,21,22,24). The monoisotopic (exact) mass is 367 g/mol. The number of carbonyl (C=O) groups is 2. The van der Waals surface area contributed by atoms with Crippen molar-refractivity contribution >= 4 is 34.0 Å². The summed E-state index contributed by atoms with van der Waals surface area (Å²) in [7, 11) is 1.61. The van der Waals surface area contributed by atoms with Crippen LogP contribution in [-0.2, 0) is 4.79 Å². The summed E-state index contributed by atoms with van der Waals surface area (Å²) in [4.78, 5) is 28.0.